The third-order valence-electron chi connectivity index (χ3n) is 3.80. The molecule has 0 aliphatic heterocycles. The van der Waals surface area contributed by atoms with E-state index < -0.39 is 0 Å². The van der Waals surface area contributed by atoms with Crippen LogP contribution >= 0.6 is 0 Å². The van der Waals surface area contributed by atoms with Gasteiger partial charge in [0.2, 0.25) is 11.4 Å². The summed E-state index contributed by atoms with van der Waals surface area (Å²) in [6.45, 7) is 0. The molecular formula is C22H20N+. The van der Waals surface area contributed by atoms with Crippen LogP contribution in [0.5, 0.6) is 0 Å². The minimum atomic E-state index is 1.17. The van der Waals surface area contributed by atoms with Gasteiger partial charge in [0.1, 0.15) is 7.05 Å². The summed E-state index contributed by atoms with van der Waals surface area (Å²) in [5.74, 6) is 0. The molecule has 0 saturated carbocycles. The van der Waals surface area contributed by atoms with Crippen LogP contribution in [-0.4, -0.2) is 0 Å². The van der Waals surface area contributed by atoms with Crippen LogP contribution in [0.2, 0.25) is 0 Å². The lowest BCUT2D eigenvalue weighted by molar-refractivity contribution is -0.675. The van der Waals surface area contributed by atoms with Crippen LogP contribution in [0.1, 0.15) is 22.5 Å². The Morgan fingerprint density at radius 2 is 0.957 bits per heavy atom. The van der Waals surface area contributed by atoms with Gasteiger partial charge in [0, 0.05) is 24.3 Å². The van der Waals surface area contributed by atoms with Crippen molar-refractivity contribution in [2.75, 3.05) is 0 Å². The minimum Gasteiger partial charge on any atom is -0.195 e. The summed E-state index contributed by atoms with van der Waals surface area (Å²) in [5.41, 5.74) is 4.75. The summed E-state index contributed by atoms with van der Waals surface area (Å²) in [7, 11) is 2.09. The Labute approximate surface area is 137 Å². The summed E-state index contributed by atoms with van der Waals surface area (Å²) in [5, 5.41) is 0. The molecule has 1 heteroatoms. The molecule has 0 aliphatic carbocycles. The first-order valence-corrected chi connectivity index (χ1v) is 7.78. The third-order valence-corrected chi connectivity index (χ3v) is 3.80. The average Bonchev–Trinajstić information content (AvgIpc) is 2.61. The first-order valence-electron chi connectivity index (χ1n) is 7.78. The molecule has 0 radical (unpaired) electrons. The highest BCUT2D eigenvalue weighted by atomic mass is 14.9. The molecule has 0 spiro atoms. The molecule has 0 N–H and O–H groups in total. The lowest BCUT2D eigenvalue weighted by Crippen LogP contribution is -2.35. The van der Waals surface area contributed by atoms with Gasteiger partial charge in [-0.15, -0.1) is 0 Å². The largest absolute Gasteiger partial charge is 0.205 e. The Morgan fingerprint density at radius 1 is 0.522 bits per heavy atom. The summed E-state index contributed by atoms with van der Waals surface area (Å²) >= 11 is 0. The van der Waals surface area contributed by atoms with Gasteiger partial charge in [-0.3, -0.25) is 0 Å². The van der Waals surface area contributed by atoms with Crippen LogP contribution in [0.15, 0.2) is 78.9 Å². The van der Waals surface area contributed by atoms with Gasteiger partial charge in [-0.2, -0.15) is 4.57 Å². The highest BCUT2D eigenvalue weighted by Crippen LogP contribution is 2.08. The van der Waals surface area contributed by atoms with E-state index in [2.05, 4.69) is 103 Å². The quantitative estimate of drug-likeness (QED) is 0.606. The van der Waals surface area contributed by atoms with Crippen LogP contribution in [0.4, 0.5) is 0 Å². The predicted octanol–water partition coefficient (Wildman–Crippen LogP) is 4.85. The lowest BCUT2D eigenvalue weighted by atomic mass is 10.1. The van der Waals surface area contributed by atoms with Crippen LogP contribution in [0.25, 0.3) is 24.3 Å². The molecule has 0 fully saturated rings. The van der Waals surface area contributed by atoms with Gasteiger partial charge < -0.3 is 0 Å². The Kier molecular flexibility index (Phi) is 4.80. The van der Waals surface area contributed by atoms with E-state index in [9.17, 15) is 0 Å². The first kappa shape index (κ1) is 15.0. The fourth-order valence-corrected chi connectivity index (χ4v) is 2.44. The van der Waals surface area contributed by atoms with E-state index in [1.54, 1.807) is 0 Å². The van der Waals surface area contributed by atoms with Gasteiger partial charge in [-0.1, -0.05) is 60.7 Å². The molecule has 3 aromatic rings. The molecule has 112 valence electrons. The molecule has 3 rings (SSSR count). The zero-order chi connectivity index (χ0) is 15.9. The highest BCUT2D eigenvalue weighted by Gasteiger charge is 2.06. The summed E-state index contributed by atoms with van der Waals surface area (Å²) < 4.78 is 2.19. The van der Waals surface area contributed by atoms with E-state index in [0.717, 1.165) is 0 Å². The normalized spacial score (nSPS) is 11.3. The fourth-order valence-electron chi connectivity index (χ4n) is 2.44. The molecule has 23 heavy (non-hydrogen) atoms. The van der Waals surface area contributed by atoms with Crippen LogP contribution in [-0.2, 0) is 7.05 Å². The zero-order valence-electron chi connectivity index (χ0n) is 13.3. The summed E-state index contributed by atoms with van der Waals surface area (Å²) in [4.78, 5) is 0. The monoisotopic (exact) mass is 298 g/mol. The van der Waals surface area contributed by atoms with E-state index in [0.29, 0.717) is 0 Å². The Morgan fingerprint density at radius 3 is 1.39 bits per heavy atom. The Balaban J connectivity index is 1.84. The highest BCUT2D eigenvalue weighted by molar-refractivity contribution is 5.69. The molecule has 2 aromatic carbocycles. The van der Waals surface area contributed by atoms with Crippen molar-refractivity contribution < 1.29 is 4.57 Å². The Hall–Kier alpha value is -2.93. The standard InChI is InChI=1S/C22H20N/c1-23-21(17-15-19-9-4-2-5-10-19)13-8-14-22(23)18-16-20-11-6-3-7-12-20/h2-18H,1H3/q+1. The van der Waals surface area contributed by atoms with Crippen molar-refractivity contribution in [1.29, 1.82) is 0 Å². The van der Waals surface area contributed by atoms with Crippen molar-refractivity contribution in [2.24, 2.45) is 7.05 Å². The van der Waals surface area contributed by atoms with E-state index in [-0.39, 0.29) is 0 Å². The molecule has 1 aromatic heterocycles. The lowest BCUT2D eigenvalue weighted by Gasteiger charge is -1.99. The second-order valence-electron chi connectivity index (χ2n) is 5.42. The molecule has 1 heterocycles. The fraction of sp³-hybridized carbons (Fsp3) is 0.0455. The number of rotatable bonds is 4. The maximum atomic E-state index is 2.19. The van der Waals surface area contributed by atoms with Crippen molar-refractivity contribution in [3.8, 4) is 0 Å². The third kappa shape index (κ3) is 4.04. The predicted molar refractivity (Wildman–Crippen MR) is 98.4 cm³/mol. The second kappa shape index (κ2) is 7.37. The molecule has 0 amide bonds. The van der Waals surface area contributed by atoms with Crippen LogP contribution < -0.4 is 4.57 Å². The number of aromatic nitrogens is 1. The zero-order valence-corrected chi connectivity index (χ0v) is 13.3. The first-order chi connectivity index (χ1) is 11.3. The van der Waals surface area contributed by atoms with Gasteiger partial charge in [-0.05, 0) is 29.3 Å². The number of pyridine rings is 1. The molecule has 0 atom stereocenters. The van der Waals surface area contributed by atoms with E-state index in [1.807, 2.05) is 12.1 Å². The van der Waals surface area contributed by atoms with Crippen molar-refractivity contribution in [2.45, 2.75) is 0 Å². The number of hydrogen-bond acceptors (Lipinski definition) is 0. The van der Waals surface area contributed by atoms with Crippen molar-refractivity contribution in [3.05, 3.63) is 101 Å². The maximum Gasteiger partial charge on any atom is 0.205 e. The Bertz CT molecular complexity index is 747. The summed E-state index contributed by atoms with van der Waals surface area (Å²) in [6.07, 6.45) is 8.57. The van der Waals surface area contributed by atoms with Gasteiger partial charge in [0.25, 0.3) is 0 Å². The molecular weight excluding hydrogens is 278 g/mol. The molecule has 0 unspecified atom stereocenters. The minimum absolute atomic E-state index is 1.17. The molecule has 0 aliphatic rings. The van der Waals surface area contributed by atoms with Gasteiger partial charge in [0.15, 0.2) is 0 Å². The average molecular weight is 298 g/mol. The SMILES string of the molecule is C[n+]1c(C=Cc2ccccc2)cccc1C=Cc1ccccc1. The second-order valence-corrected chi connectivity index (χ2v) is 5.42. The topological polar surface area (TPSA) is 3.88 Å². The van der Waals surface area contributed by atoms with Crippen LogP contribution in [0, 0.1) is 0 Å². The number of nitrogens with zero attached hydrogens (tertiary/aromatic N) is 1. The van der Waals surface area contributed by atoms with E-state index in [4.69, 9.17) is 0 Å². The summed E-state index contributed by atoms with van der Waals surface area (Å²) in [6, 6.07) is 27.1. The smallest absolute Gasteiger partial charge is 0.195 e. The maximum absolute atomic E-state index is 2.19. The van der Waals surface area contributed by atoms with Crippen molar-refractivity contribution in [3.63, 3.8) is 0 Å². The van der Waals surface area contributed by atoms with Gasteiger partial charge in [0.05, 0.1) is 0 Å². The van der Waals surface area contributed by atoms with Crippen molar-refractivity contribution >= 4 is 24.3 Å². The molecule has 0 bridgehead atoms. The van der Waals surface area contributed by atoms with Gasteiger partial charge >= 0.3 is 0 Å². The molecule has 1 nitrogen and oxygen atoms in total. The van der Waals surface area contributed by atoms with Gasteiger partial charge in [-0.25, -0.2) is 0 Å². The number of hydrogen-bond donors (Lipinski definition) is 0. The van der Waals surface area contributed by atoms with E-state index in [1.165, 1.54) is 22.5 Å². The van der Waals surface area contributed by atoms with E-state index >= 15 is 0 Å². The van der Waals surface area contributed by atoms with Crippen LogP contribution in [0.3, 0.4) is 0 Å². The van der Waals surface area contributed by atoms with Crippen molar-refractivity contribution in [1.82, 2.24) is 0 Å². The number of benzene rings is 2. The molecule has 0 saturated heterocycles.